The van der Waals surface area contributed by atoms with Gasteiger partial charge >= 0.3 is 5.97 Å². The first kappa shape index (κ1) is 13.1. The number of aliphatic carboxylic acids is 1. The van der Waals surface area contributed by atoms with Gasteiger partial charge in [0.15, 0.2) is 0 Å². The lowest BCUT2D eigenvalue weighted by molar-refractivity contribution is -0.133. The molecule has 0 spiro atoms. The number of hydrogen-bond acceptors (Lipinski definition) is 3. The Hall–Kier alpha value is -1.36. The van der Waals surface area contributed by atoms with Crippen molar-refractivity contribution in [1.29, 1.82) is 0 Å². The zero-order chi connectivity index (χ0) is 13.3. The molecule has 2 rings (SSSR count). The van der Waals surface area contributed by atoms with E-state index in [1.54, 1.807) is 6.92 Å². The van der Waals surface area contributed by atoms with Gasteiger partial charge in [0.25, 0.3) is 0 Å². The predicted octanol–water partition coefficient (Wildman–Crippen LogP) is 1.09. The number of rotatable bonds is 4. The first-order chi connectivity index (χ1) is 8.50. The van der Waals surface area contributed by atoms with Gasteiger partial charge in [-0.3, -0.25) is 4.79 Å². The smallest absolute Gasteiger partial charge is 0.331 e. The Morgan fingerprint density at radius 1 is 1.17 bits per heavy atom. The Balaban J connectivity index is 1.98. The topological polar surface area (TPSA) is 75.6 Å². The molecule has 0 aromatic carbocycles. The maximum atomic E-state index is 11.9. The molecule has 0 aromatic rings. The Morgan fingerprint density at radius 3 is 2.39 bits per heavy atom. The number of carbonyl (C=O) groups excluding carboxylic acids is 1. The van der Waals surface area contributed by atoms with Crippen molar-refractivity contribution in [2.75, 3.05) is 6.61 Å². The second kappa shape index (κ2) is 5.10. The van der Waals surface area contributed by atoms with E-state index in [0.29, 0.717) is 12.5 Å². The van der Waals surface area contributed by atoms with Gasteiger partial charge in [0.05, 0.1) is 12.1 Å². The molecule has 1 saturated carbocycles. The van der Waals surface area contributed by atoms with Crippen LogP contribution in [0.3, 0.4) is 0 Å². The molecule has 0 bridgehead atoms. The highest BCUT2D eigenvalue weighted by atomic mass is 16.5. The van der Waals surface area contributed by atoms with Crippen LogP contribution < -0.4 is 5.32 Å². The van der Waals surface area contributed by atoms with Gasteiger partial charge in [0.2, 0.25) is 5.91 Å². The molecule has 0 radical (unpaired) electrons. The molecule has 2 aliphatic rings. The van der Waals surface area contributed by atoms with Crippen molar-refractivity contribution in [3.05, 3.63) is 11.1 Å². The molecule has 100 valence electrons. The molecule has 1 aliphatic heterocycles. The van der Waals surface area contributed by atoms with E-state index in [2.05, 4.69) is 5.32 Å². The van der Waals surface area contributed by atoms with Crippen LogP contribution in [0, 0.1) is 5.92 Å². The van der Waals surface area contributed by atoms with Gasteiger partial charge in [-0.05, 0) is 39.0 Å². The zero-order valence-electron chi connectivity index (χ0n) is 10.7. The summed E-state index contributed by atoms with van der Waals surface area (Å²) in [5.74, 6) is -0.775. The molecule has 2 fully saturated rings. The summed E-state index contributed by atoms with van der Waals surface area (Å²) in [7, 11) is 0. The van der Waals surface area contributed by atoms with Crippen molar-refractivity contribution >= 4 is 11.9 Å². The molecule has 1 saturated heterocycles. The van der Waals surface area contributed by atoms with E-state index in [-0.39, 0.29) is 29.2 Å². The van der Waals surface area contributed by atoms with Gasteiger partial charge in [-0.1, -0.05) is 0 Å². The SMILES string of the molecule is CC(C(=O)O)=C(C)C(=O)NC1CCOC1C1CC1. The van der Waals surface area contributed by atoms with Gasteiger partial charge in [-0.2, -0.15) is 0 Å². The second-order valence-corrected chi connectivity index (χ2v) is 5.10. The molecule has 0 aromatic heterocycles. The molecule has 2 atom stereocenters. The van der Waals surface area contributed by atoms with Gasteiger partial charge in [0, 0.05) is 17.8 Å². The number of amides is 1. The third-order valence-corrected chi connectivity index (χ3v) is 3.76. The van der Waals surface area contributed by atoms with Crippen molar-refractivity contribution < 1.29 is 19.4 Å². The standard InChI is InChI=1S/C13H19NO4/c1-7(8(2)13(16)17)12(15)14-10-5-6-18-11(10)9-3-4-9/h9-11H,3-6H2,1-2H3,(H,14,15)(H,16,17). The molecular weight excluding hydrogens is 234 g/mol. The Labute approximate surface area is 106 Å². The Bertz CT molecular complexity index is 398. The molecule has 1 aliphatic carbocycles. The van der Waals surface area contributed by atoms with Gasteiger partial charge in [-0.25, -0.2) is 4.79 Å². The molecule has 5 nitrogen and oxygen atoms in total. The van der Waals surface area contributed by atoms with E-state index in [9.17, 15) is 9.59 Å². The van der Waals surface area contributed by atoms with E-state index >= 15 is 0 Å². The van der Waals surface area contributed by atoms with Crippen molar-refractivity contribution in [1.82, 2.24) is 5.32 Å². The highest BCUT2D eigenvalue weighted by Gasteiger charge is 2.41. The van der Waals surface area contributed by atoms with Crippen LogP contribution in [0.25, 0.3) is 0 Å². The van der Waals surface area contributed by atoms with Crippen LogP contribution in [0.1, 0.15) is 33.1 Å². The van der Waals surface area contributed by atoms with E-state index in [1.807, 2.05) is 0 Å². The van der Waals surface area contributed by atoms with Gasteiger partial charge in [0.1, 0.15) is 0 Å². The molecular formula is C13H19NO4. The maximum Gasteiger partial charge on any atom is 0.331 e. The van der Waals surface area contributed by atoms with Crippen LogP contribution in [0.4, 0.5) is 0 Å². The number of hydrogen-bond donors (Lipinski definition) is 2. The monoisotopic (exact) mass is 253 g/mol. The maximum absolute atomic E-state index is 11.9. The second-order valence-electron chi connectivity index (χ2n) is 5.10. The molecule has 2 unspecified atom stereocenters. The predicted molar refractivity (Wildman–Crippen MR) is 65.0 cm³/mol. The van der Waals surface area contributed by atoms with Crippen LogP contribution >= 0.6 is 0 Å². The van der Waals surface area contributed by atoms with Crippen LogP contribution in [-0.4, -0.2) is 35.7 Å². The van der Waals surface area contributed by atoms with Crippen LogP contribution in [-0.2, 0) is 14.3 Å². The largest absolute Gasteiger partial charge is 0.478 e. The van der Waals surface area contributed by atoms with Crippen molar-refractivity contribution in [2.24, 2.45) is 5.92 Å². The minimum atomic E-state index is -1.05. The molecule has 18 heavy (non-hydrogen) atoms. The average molecular weight is 253 g/mol. The Morgan fingerprint density at radius 2 is 1.83 bits per heavy atom. The van der Waals surface area contributed by atoms with Crippen LogP contribution in [0.2, 0.25) is 0 Å². The summed E-state index contributed by atoms with van der Waals surface area (Å²) in [4.78, 5) is 22.7. The normalized spacial score (nSPS) is 28.8. The minimum Gasteiger partial charge on any atom is -0.478 e. The van der Waals surface area contributed by atoms with Crippen LogP contribution in [0.15, 0.2) is 11.1 Å². The van der Waals surface area contributed by atoms with E-state index in [4.69, 9.17) is 9.84 Å². The van der Waals surface area contributed by atoms with Crippen LogP contribution in [0.5, 0.6) is 0 Å². The lowest BCUT2D eigenvalue weighted by atomic mass is 10.0. The average Bonchev–Trinajstić information content (AvgIpc) is 3.08. The molecule has 1 heterocycles. The van der Waals surface area contributed by atoms with Crippen molar-refractivity contribution in [2.45, 2.75) is 45.3 Å². The fraction of sp³-hybridized carbons (Fsp3) is 0.692. The molecule has 2 N–H and O–H groups in total. The lowest BCUT2D eigenvalue weighted by Crippen LogP contribution is -2.42. The van der Waals surface area contributed by atoms with E-state index < -0.39 is 5.97 Å². The molecule has 1 amide bonds. The van der Waals surface area contributed by atoms with Gasteiger partial charge < -0.3 is 15.2 Å². The van der Waals surface area contributed by atoms with Gasteiger partial charge in [-0.15, -0.1) is 0 Å². The summed E-state index contributed by atoms with van der Waals surface area (Å²) in [6.45, 7) is 3.66. The zero-order valence-corrected chi connectivity index (χ0v) is 10.7. The summed E-state index contributed by atoms with van der Waals surface area (Å²) >= 11 is 0. The number of carbonyl (C=O) groups is 2. The summed E-state index contributed by atoms with van der Waals surface area (Å²) in [6.07, 6.45) is 3.26. The summed E-state index contributed by atoms with van der Waals surface area (Å²) in [5.41, 5.74) is 0.360. The number of ether oxygens (including phenoxy) is 1. The highest BCUT2D eigenvalue weighted by Crippen LogP contribution is 2.38. The fourth-order valence-electron chi connectivity index (χ4n) is 2.26. The number of nitrogens with one attached hydrogen (secondary N) is 1. The van der Waals surface area contributed by atoms with Crippen molar-refractivity contribution in [3.63, 3.8) is 0 Å². The van der Waals surface area contributed by atoms with E-state index in [0.717, 1.165) is 6.42 Å². The third-order valence-electron chi connectivity index (χ3n) is 3.76. The number of carboxylic acids is 1. The minimum absolute atomic E-state index is 0.0292. The first-order valence-corrected chi connectivity index (χ1v) is 6.34. The Kier molecular flexibility index (Phi) is 3.71. The quantitative estimate of drug-likeness (QED) is 0.735. The number of carboxylic acid groups (broad SMARTS) is 1. The summed E-state index contributed by atoms with van der Waals surface area (Å²) in [5, 5.41) is 11.8. The lowest BCUT2D eigenvalue weighted by Gasteiger charge is -2.19. The fourth-order valence-corrected chi connectivity index (χ4v) is 2.26. The highest BCUT2D eigenvalue weighted by molar-refractivity contribution is 6.01. The van der Waals surface area contributed by atoms with E-state index in [1.165, 1.54) is 19.8 Å². The summed E-state index contributed by atoms with van der Waals surface area (Å²) < 4.78 is 5.63. The van der Waals surface area contributed by atoms with Crippen molar-refractivity contribution in [3.8, 4) is 0 Å². The third kappa shape index (κ3) is 2.72. The summed E-state index contributed by atoms with van der Waals surface area (Å²) in [6, 6.07) is 0.0292. The molecule has 5 heteroatoms. The first-order valence-electron chi connectivity index (χ1n) is 6.34.